The van der Waals surface area contributed by atoms with Crippen LogP contribution in [-0.2, 0) is 10.9 Å². The van der Waals surface area contributed by atoms with Crippen molar-refractivity contribution in [1.29, 1.82) is 0 Å². The second kappa shape index (κ2) is 9.25. The van der Waals surface area contributed by atoms with E-state index in [1.54, 1.807) is 12.1 Å². The van der Waals surface area contributed by atoms with Gasteiger partial charge in [0.15, 0.2) is 18.8 Å². The number of ether oxygens (including phenoxy) is 3. The highest BCUT2D eigenvalue weighted by atomic mass is 19.4. The molecule has 0 spiro atoms. The summed E-state index contributed by atoms with van der Waals surface area (Å²) in [4.78, 5) is 3.40. The normalized spacial score (nSPS) is 26.4. The van der Waals surface area contributed by atoms with E-state index in [4.69, 9.17) is 14.2 Å². The molecule has 0 aliphatic carbocycles. The summed E-state index contributed by atoms with van der Waals surface area (Å²) in [5.41, 5.74) is -1.15. The van der Waals surface area contributed by atoms with E-state index in [2.05, 4.69) is 27.0 Å². The minimum absolute atomic E-state index is 0.0832. The number of aliphatic hydroxyl groups is 2. The first-order chi connectivity index (χ1) is 14.3. The molecule has 0 bridgehead atoms. The highest BCUT2D eigenvalue weighted by Crippen LogP contribution is 2.30. The monoisotopic (exact) mass is 425 g/mol. The predicted molar refractivity (Wildman–Crippen MR) is 95.3 cm³/mol. The van der Waals surface area contributed by atoms with Gasteiger partial charge in [-0.1, -0.05) is 17.9 Å². The summed E-state index contributed by atoms with van der Waals surface area (Å²) in [7, 11) is 0. The summed E-state index contributed by atoms with van der Waals surface area (Å²) in [5, 5.41) is 27.8. The highest BCUT2D eigenvalue weighted by molar-refractivity contribution is 5.20. The molecule has 3 rings (SSSR count). The number of aliphatic hydroxyl groups excluding tert-OH is 2. The van der Waals surface area contributed by atoms with Crippen molar-refractivity contribution in [2.75, 3.05) is 6.61 Å². The smallest absolute Gasteiger partial charge is 0.433 e. The van der Waals surface area contributed by atoms with Crippen molar-refractivity contribution in [1.82, 2.24) is 15.2 Å². The largest absolute Gasteiger partial charge is 0.468 e. The molecule has 2 aromatic rings. The Balaban J connectivity index is 1.75. The molecular formula is C19H18F3N3O5. The zero-order chi connectivity index (χ0) is 21.7. The topological polar surface area (TPSA) is 107 Å². The van der Waals surface area contributed by atoms with Gasteiger partial charge in [0, 0.05) is 18.3 Å². The molecule has 1 saturated heterocycles. The van der Waals surface area contributed by atoms with Gasteiger partial charge in [0.1, 0.15) is 17.9 Å². The van der Waals surface area contributed by atoms with Crippen LogP contribution in [0.15, 0.2) is 36.5 Å². The Bertz CT molecular complexity index is 904. The van der Waals surface area contributed by atoms with Crippen molar-refractivity contribution in [3.8, 4) is 23.6 Å². The van der Waals surface area contributed by atoms with Crippen molar-refractivity contribution in [2.45, 2.75) is 43.6 Å². The van der Waals surface area contributed by atoms with Gasteiger partial charge < -0.3 is 24.4 Å². The Labute approximate surface area is 169 Å². The molecule has 0 aromatic carbocycles. The van der Waals surface area contributed by atoms with Crippen molar-refractivity contribution in [3.63, 3.8) is 0 Å². The lowest BCUT2D eigenvalue weighted by atomic mass is 9.95. The molecule has 2 N–H and O–H groups in total. The van der Waals surface area contributed by atoms with E-state index in [1.807, 2.05) is 0 Å². The SMILES string of the molecule is C[C@H]1O[C@H](C#CCOc2cccnn2)[C@H](Oc2cccc(C(F)(F)F)n2)[C@@H](O)[C@H]1O. The maximum absolute atomic E-state index is 12.9. The predicted octanol–water partition coefficient (Wildman–Crippen LogP) is 1.23. The Hall–Kier alpha value is -2.94. The molecule has 5 atom stereocenters. The van der Waals surface area contributed by atoms with E-state index in [-0.39, 0.29) is 18.4 Å². The molecule has 1 fully saturated rings. The van der Waals surface area contributed by atoms with Gasteiger partial charge in [-0.05, 0) is 19.1 Å². The van der Waals surface area contributed by atoms with Crippen LogP contribution < -0.4 is 9.47 Å². The Morgan fingerprint density at radius 3 is 2.60 bits per heavy atom. The van der Waals surface area contributed by atoms with Gasteiger partial charge in [0.05, 0.1) is 6.10 Å². The van der Waals surface area contributed by atoms with Gasteiger partial charge in [-0.2, -0.15) is 18.3 Å². The Kier molecular flexibility index (Phi) is 6.71. The second-order valence-corrected chi connectivity index (χ2v) is 6.36. The quantitative estimate of drug-likeness (QED) is 0.705. The van der Waals surface area contributed by atoms with Crippen LogP contribution in [-0.4, -0.2) is 62.5 Å². The highest BCUT2D eigenvalue weighted by Gasteiger charge is 2.44. The molecule has 30 heavy (non-hydrogen) atoms. The number of hydrogen-bond donors (Lipinski definition) is 2. The van der Waals surface area contributed by atoms with Gasteiger partial charge in [0.25, 0.3) is 0 Å². The van der Waals surface area contributed by atoms with E-state index >= 15 is 0 Å². The summed E-state index contributed by atoms with van der Waals surface area (Å²) in [6.07, 6.45) is -9.09. The number of halogens is 3. The third-order valence-electron chi connectivity index (χ3n) is 4.18. The molecule has 8 nitrogen and oxygen atoms in total. The summed E-state index contributed by atoms with van der Waals surface area (Å²) in [6.45, 7) is 1.44. The lowest BCUT2D eigenvalue weighted by Crippen LogP contribution is -2.58. The maximum atomic E-state index is 12.9. The van der Waals surface area contributed by atoms with E-state index in [0.29, 0.717) is 0 Å². The first-order valence-electron chi connectivity index (χ1n) is 8.87. The third-order valence-corrected chi connectivity index (χ3v) is 4.18. The molecule has 0 unspecified atom stereocenters. The summed E-state index contributed by atoms with van der Waals surface area (Å²) < 4.78 is 54.9. The molecule has 0 amide bonds. The minimum atomic E-state index is -4.66. The van der Waals surface area contributed by atoms with Gasteiger partial charge in [-0.3, -0.25) is 0 Å². The minimum Gasteiger partial charge on any atom is -0.468 e. The third kappa shape index (κ3) is 5.35. The summed E-state index contributed by atoms with van der Waals surface area (Å²) in [6, 6.07) is 6.33. The zero-order valence-corrected chi connectivity index (χ0v) is 15.7. The van der Waals surface area contributed by atoms with Crippen molar-refractivity contribution in [2.24, 2.45) is 0 Å². The molecular weight excluding hydrogens is 407 g/mol. The molecule has 0 radical (unpaired) electrons. The van der Waals surface area contributed by atoms with Gasteiger partial charge in [0.2, 0.25) is 11.8 Å². The maximum Gasteiger partial charge on any atom is 0.433 e. The molecule has 160 valence electrons. The zero-order valence-electron chi connectivity index (χ0n) is 15.7. The molecule has 2 aromatic heterocycles. The van der Waals surface area contributed by atoms with Crippen LogP contribution in [0.4, 0.5) is 13.2 Å². The van der Waals surface area contributed by atoms with Gasteiger partial charge >= 0.3 is 6.18 Å². The number of pyridine rings is 1. The van der Waals surface area contributed by atoms with Crippen LogP contribution in [0.25, 0.3) is 0 Å². The van der Waals surface area contributed by atoms with Crippen molar-refractivity contribution in [3.05, 3.63) is 42.2 Å². The number of alkyl halides is 3. The van der Waals surface area contributed by atoms with E-state index < -0.39 is 42.4 Å². The first kappa shape index (κ1) is 21.8. The summed E-state index contributed by atoms with van der Waals surface area (Å²) in [5.74, 6) is 5.23. The molecule has 1 aliphatic heterocycles. The second-order valence-electron chi connectivity index (χ2n) is 6.36. The van der Waals surface area contributed by atoms with Gasteiger partial charge in [-0.15, -0.1) is 5.10 Å². The molecule has 1 aliphatic rings. The van der Waals surface area contributed by atoms with E-state index in [1.165, 1.54) is 19.2 Å². The fourth-order valence-electron chi connectivity index (χ4n) is 2.68. The van der Waals surface area contributed by atoms with Crippen molar-refractivity contribution >= 4 is 0 Å². The number of hydrogen-bond acceptors (Lipinski definition) is 8. The van der Waals surface area contributed by atoms with Gasteiger partial charge in [-0.25, -0.2) is 4.98 Å². The van der Waals surface area contributed by atoms with Crippen LogP contribution in [0.1, 0.15) is 12.6 Å². The molecule has 0 saturated carbocycles. The average molecular weight is 425 g/mol. The van der Waals surface area contributed by atoms with Crippen molar-refractivity contribution < 1.29 is 37.6 Å². The molecule has 11 heteroatoms. The Morgan fingerprint density at radius 1 is 1.13 bits per heavy atom. The summed E-state index contributed by atoms with van der Waals surface area (Å²) >= 11 is 0. The van der Waals surface area contributed by atoms with Crippen LogP contribution in [0.3, 0.4) is 0 Å². The van der Waals surface area contributed by atoms with E-state index in [0.717, 1.165) is 12.1 Å². The van der Waals surface area contributed by atoms with Crippen LogP contribution in [0, 0.1) is 11.8 Å². The standard InChI is InChI=1S/C19H18F3N3O5/c1-11-16(26)17(27)18(30-14-7-2-6-13(24-14)19(20,21)22)12(29-11)5-4-10-28-15-8-3-9-23-25-15/h2-3,6-9,11-12,16-18,26-27H,10H2,1H3/t11-,12-,16+,17+,18+/m1/s1. The number of rotatable bonds is 4. The first-order valence-corrected chi connectivity index (χ1v) is 8.87. The lowest BCUT2D eigenvalue weighted by molar-refractivity contribution is -0.195. The fraction of sp³-hybridized carbons (Fsp3) is 0.421. The lowest BCUT2D eigenvalue weighted by Gasteiger charge is -2.39. The average Bonchev–Trinajstić information content (AvgIpc) is 2.72. The number of aromatic nitrogens is 3. The Morgan fingerprint density at radius 2 is 1.90 bits per heavy atom. The number of nitrogens with zero attached hydrogens (tertiary/aromatic N) is 3. The van der Waals surface area contributed by atoms with Crippen LogP contribution in [0.2, 0.25) is 0 Å². The van der Waals surface area contributed by atoms with Crippen LogP contribution in [0.5, 0.6) is 11.8 Å². The fourth-order valence-corrected chi connectivity index (χ4v) is 2.68. The van der Waals surface area contributed by atoms with Crippen LogP contribution >= 0.6 is 0 Å². The van der Waals surface area contributed by atoms with E-state index in [9.17, 15) is 23.4 Å². The molecule has 3 heterocycles.